The second kappa shape index (κ2) is 8.11. The highest BCUT2D eigenvalue weighted by Crippen LogP contribution is 2.23. The van der Waals surface area contributed by atoms with E-state index < -0.39 is 0 Å². The van der Waals surface area contributed by atoms with E-state index in [1.54, 1.807) is 24.3 Å². The molecular weight excluding hydrogens is 386 g/mol. The number of nitrogens with zero attached hydrogens (tertiary/aromatic N) is 1. The molecule has 0 radical (unpaired) electrons. The van der Waals surface area contributed by atoms with Gasteiger partial charge in [-0.1, -0.05) is 48.5 Å². The maximum Gasteiger partial charge on any atom is 0.272 e. The fourth-order valence-electron chi connectivity index (χ4n) is 3.73. The average Bonchev–Trinajstić information content (AvgIpc) is 3.54. The minimum Gasteiger partial charge on any atom is -0.349 e. The molecule has 2 amide bonds. The van der Waals surface area contributed by atoms with Gasteiger partial charge in [-0.15, -0.1) is 0 Å². The van der Waals surface area contributed by atoms with Gasteiger partial charge in [0.1, 0.15) is 5.69 Å². The maximum atomic E-state index is 13.2. The number of carbonyl (C=O) groups excluding carboxylic acids is 2. The van der Waals surface area contributed by atoms with E-state index in [4.69, 9.17) is 0 Å². The molecule has 2 N–H and O–H groups in total. The molecule has 1 aromatic heterocycles. The second-order valence-electron chi connectivity index (χ2n) is 7.94. The number of carbonyl (C=O) groups is 2. The van der Waals surface area contributed by atoms with Gasteiger partial charge >= 0.3 is 0 Å². The van der Waals surface area contributed by atoms with Gasteiger partial charge in [-0.05, 0) is 54.8 Å². The fourth-order valence-corrected chi connectivity index (χ4v) is 3.73. The molecule has 31 heavy (non-hydrogen) atoms. The quantitative estimate of drug-likeness (QED) is 0.479. The van der Waals surface area contributed by atoms with E-state index in [1.165, 1.54) is 0 Å². The molecule has 5 rings (SSSR count). The summed E-state index contributed by atoms with van der Waals surface area (Å²) >= 11 is 0. The Kier molecular flexibility index (Phi) is 5.00. The largest absolute Gasteiger partial charge is 0.349 e. The summed E-state index contributed by atoms with van der Waals surface area (Å²) in [5, 5.41) is 6.97. The maximum absolute atomic E-state index is 13.2. The third-order valence-corrected chi connectivity index (χ3v) is 5.54. The minimum atomic E-state index is -0.178. The molecule has 1 heterocycles. The van der Waals surface area contributed by atoms with E-state index >= 15 is 0 Å². The Labute approximate surface area is 180 Å². The van der Waals surface area contributed by atoms with Gasteiger partial charge in [0.2, 0.25) is 0 Å². The molecule has 0 spiro atoms. The smallest absolute Gasteiger partial charge is 0.272 e. The van der Waals surface area contributed by atoms with E-state index in [9.17, 15) is 9.59 Å². The van der Waals surface area contributed by atoms with Gasteiger partial charge in [0.05, 0.1) is 0 Å². The van der Waals surface area contributed by atoms with Crippen LogP contribution < -0.4 is 10.6 Å². The number of aromatic nitrogens is 1. The van der Waals surface area contributed by atoms with Crippen molar-refractivity contribution in [2.24, 2.45) is 0 Å². The molecule has 1 aliphatic carbocycles. The molecule has 1 fully saturated rings. The zero-order valence-corrected chi connectivity index (χ0v) is 17.0. The van der Waals surface area contributed by atoms with Crippen LogP contribution in [0.15, 0.2) is 84.9 Å². The molecule has 154 valence electrons. The molecule has 0 atom stereocenters. The number of para-hydroxylation sites is 1. The van der Waals surface area contributed by atoms with Crippen molar-refractivity contribution in [3.8, 4) is 0 Å². The van der Waals surface area contributed by atoms with Crippen molar-refractivity contribution in [3.05, 3.63) is 102 Å². The van der Waals surface area contributed by atoms with Crippen molar-refractivity contribution in [1.29, 1.82) is 0 Å². The van der Waals surface area contributed by atoms with Crippen LogP contribution in [0.3, 0.4) is 0 Å². The van der Waals surface area contributed by atoms with Crippen LogP contribution >= 0.6 is 0 Å². The molecule has 5 heteroatoms. The Balaban J connectivity index is 1.39. The highest BCUT2D eigenvalue weighted by atomic mass is 16.2. The Morgan fingerprint density at radius 2 is 1.55 bits per heavy atom. The third-order valence-electron chi connectivity index (χ3n) is 5.54. The molecule has 5 nitrogen and oxygen atoms in total. The lowest BCUT2D eigenvalue weighted by molar-refractivity contribution is 0.0950. The topological polar surface area (TPSA) is 63.1 Å². The summed E-state index contributed by atoms with van der Waals surface area (Å²) in [6.07, 6.45) is 2.10. The molecule has 0 bridgehead atoms. The normalized spacial score (nSPS) is 13.2. The van der Waals surface area contributed by atoms with Crippen LogP contribution in [-0.2, 0) is 6.54 Å². The molecule has 0 unspecified atom stereocenters. The van der Waals surface area contributed by atoms with Crippen LogP contribution in [0.5, 0.6) is 0 Å². The summed E-state index contributed by atoms with van der Waals surface area (Å²) in [6.45, 7) is 0.609. The average molecular weight is 409 g/mol. The van der Waals surface area contributed by atoms with Crippen LogP contribution in [0.2, 0.25) is 0 Å². The van der Waals surface area contributed by atoms with Gasteiger partial charge in [-0.25, -0.2) is 0 Å². The van der Waals surface area contributed by atoms with Gasteiger partial charge in [-0.2, -0.15) is 0 Å². The summed E-state index contributed by atoms with van der Waals surface area (Å²) in [5.74, 6) is -0.245. The predicted molar refractivity (Wildman–Crippen MR) is 122 cm³/mol. The lowest BCUT2D eigenvalue weighted by Crippen LogP contribution is -2.25. The first kappa shape index (κ1) is 19.1. The van der Waals surface area contributed by atoms with Gasteiger partial charge in [-0.3, -0.25) is 9.59 Å². The summed E-state index contributed by atoms with van der Waals surface area (Å²) in [7, 11) is 0. The molecule has 1 aliphatic rings. The monoisotopic (exact) mass is 409 g/mol. The summed E-state index contributed by atoms with van der Waals surface area (Å²) in [4.78, 5) is 25.3. The highest BCUT2D eigenvalue weighted by molar-refractivity contribution is 6.06. The molecular formula is C26H23N3O2. The van der Waals surface area contributed by atoms with Gasteiger partial charge < -0.3 is 15.2 Å². The lowest BCUT2D eigenvalue weighted by Gasteiger charge is -2.12. The van der Waals surface area contributed by atoms with E-state index in [0.717, 1.165) is 29.3 Å². The highest BCUT2D eigenvalue weighted by Gasteiger charge is 2.23. The second-order valence-corrected chi connectivity index (χ2v) is 7.94. The fraction of sp³-hybridized carbons (Fsp3) is 0.154. The van der Waals surface area contributed by atoms with E-state index in [-0.39, 0.29) is 11.8 Å². The number of fused-ring (bicyclic) bond motifs is 1. The first-order valence-corrected chi connectivity index (χ1v) is 10.5. The van der Waals surface area contributed by atoms with Crippen LogP contribution in [-0.4, -0.2) is 22.4 Å². The van der Waals surface area contributed by atoms with Crippen molar-refractivity contribution in [1.82, 2.24) is 9.88 Å². The number of rotatable bonds is 6. The predicted octanol–water partition coefficient (Wildman–Crippen LogP) is 4.83. The lowest BCUT2D eigenvalue weighted by atomic mass is 10.2. The molecule has 1 saturated carbocycles. The van der Waals surface area contributed by atoms with E-state index in [2.05, 4.69) is 22.8 Å². The van der Waals surface area contributed by atoms with Crippen LogP contribution in [0.25, 0.3) is 10.9 Å². The number of anilines is 1. The Hall–Kier alpha value is -3.86. The van der Waals surface area contributed by atoms with Gasteiger partial charge in [0.25, 0.3) is 11.8 Å². The van der Waals surface area contributed by atoms with Gasteiger partial charge in [0.15, 0.2) is 0 Å². The number of benzene rings is 3. The third kappa shape index (κ3) is 4.21. The van der Waals surface area contributed by atoms with Crippen LogP contribution in [0.1, 0.15) is 39.3 Å². The van der Waals surface area contributed by atoms with Crippen LogP contribution in [0.4, 0.5) is 5.69 Å². The van der Waals surface area contributed by atoms with E-state index in [1.807, 2.05) is 53.1 Å². The first-order chi connectivity index (χ1) is 15.2. The number of nitrogens with one attached hydrogen (secondary N) is 2. The van der Waals surface area contributed by atoms with Gasteiger partial charge in [0, 0.05) is 34.7 Å². The molecule has 3 aromatic carbocycles. The number of hydrogen-bond acceptors (Lipinski definition) is 2. The van der Waals surface area contributed by atoms with E-state index in [0.29, 0.717) is 29.5 Å². The Morgan fingerprint density at radius 3 is 2.29 bits per heavy atom. The Bertz CT molecular complexity index is 1240. The zero-order chi connectivity index (χ0) is 21.2. The van der Waals surface area contributed by atoms with Crippen molar-refractivity contribution in [2.75, 3.05) is 5.32 Å². The number of hydrogen-bond donors (Lipinski definition) is 2. The number of amides is 2. The zero-order valence-electron chi connectivity index (χ0n) is 17.0. The van der Waals surface area contributed by atoms with Crippen molar-refractivity contribution in [2.45, 2.75) is 25.4 Å². The van der Waals surface area contributed by atoms with Crippen molar-refractivity contribution >= 4 is 28.4 Å². The summed E-state index contributed by atoms with van der Waals surface area (Å²) < 4.78 is 2.04. The van der Waals surface area contributed by atoms with Crippen LogP contribution in [0, 0.1) is 0 Å². The van der Waals surface area contributed by atoms with Crippen molar-refractivity contribution < 1.29 is 9.59 Å². The Morgan fingerprint density at radius 1 is 0.839 bits per heavy atom. The summed E-state index contributed by atoms with van der Waals surface area (Å²) in [6, 6.07) is 27.4. The summed E-state index contributed by atoms with van der Waals surface area (Å²) in [5.41, 5.74) is 4.00. The standard InChI is InChI=1S/C26H23N3O2/c30-25(27-22-14-15-22)19-10-12-21(13-11-19)28-26(31)24-16-20-8-4-5-9-23(20)29(24)17-18-6-2-1-3-7-18/h1-13,16,22H,14-15,17H2,(H,27,30)(H,28,31). The first-order valence-electron chi connectivity index (χ1n) is 10.5. The molecule has 4 aromatic rings. The SMILES string of the molecule is O=C(NC1CC1)c1ccc(NC(=O)c2cc3ccccc3n2Cc2ccccc2)cc1. The minimum absolute atomic E-state index is 0.0663. The molecule has 0 aliphatic heterocycles. The van der Waals surface area contributed by atoms with Crippen molar-refractivity contribution in [3.63, 3.8) is 0 Å². The molecule has 0 saturated heterocycles.